The number of nitrogens with zero attached hydrogens (tertiary/aromatic N) is 3. The number of halogens is 3. The highest BCUT2D eigenvalue weighted by atomic mass is 32.1. The standard InChI is InChI=1S/C24H26F3N3S/c1-6-29-17(4)22-15(2)21(14-28-13-19-9-7-8-10-20(19)16(28)3)31-23(22)30(18(29)5)12-11-24(25,26)27/h7-10H,3-6,11-14H2,1-2H3. The summed E-state index contributed by atoms with van der Waals surface area (Å²) in [5, 5.41) is 0.804. The quantitative estimate of drug-likeness (QED) is 0.515. The lowest BCUT2D eigenvalue weighted by Gasteiger charge is -2.40. The summed E-state index contributed by atoms with van der Waals surface area (Å²) in [5.74, 6) is 0.551. The molecule has 0 amide bonds. The van der Waals surface area contributed by atoms with Crippen LogP contribution >= 0.6 is 11.3 Å². The highest BCUT2D eigenvalue weighted by Gasteiger charge is 2.36. The van der Waals surface area contributed by atoms with Crippen molar-refractivity contribution in [1.82, 2.24) is 9.80 Å². The van der Waals surface area contributed by atoms with Gasteiger partial charge in [0.25, 0.3) is 0 Å². The van der Waals surface area contributed by atoms with Crippen LogP contribution in [0.25, 0.3) is 11.4 Å². The third-order valence-corrected chi connectivity index (χ3v) is 7.35. The highest BCUT2D eigenvalue weighted by Crippen LogP contribution is 2.48. The number of hydrogen-bond donors (Lipinski definition) is 0. The smallest absolute Gasteiger partial charge is 0.362 e. The first-order valence-electron chi connectivity index (χ1n) is 10.3. The summed E-state index contributed by atoms with van der Waals surface area (Å²) in [6.07, 6.45) is -5.11. The molecule has 1 aromatic carbocycles. The molecule has 7 heteroatoms. The maximum absolute atomic E-state index is 13.0. The Bertz CT molecular complexity index is 1070. The van der Waals surface area contributed by atoms with Crippen molar-refractivity contribution in [3.63, 3.8) is 0 Å². The minimum Gasteiger partial charge on any atom is -0.362 e. The van der Waals surface area contributed by atoms with E-state index in [1.165, 1.54) is 16.9 Å². The summed E-state index contributed by atoms with van der Waals surface area (Å²) in [5.41, 5.74) is 6.18. The van der Waals surface area contributed by atoms with Gasteiger partial charge in [0.2, 0.25) is 0 Å². The van der Waals surface area contributed by atoms with Crippen molar-refractivity contribution in [3.8, 4) is 0 Å². The molecule has 3 heterocycles. The third-order valence-electron chi connectivity index (χ3n) is 6.05. The van der Waals surface area contributed by atoms with Crippen molar-refractivity contribution in [1.29, 1.82) is 0 Å². The van der Waals surface area contributed by atoms with E-state index >= 15 is 0 Å². The number of benzene rings is 1. The van der Waals surface area contributed by atoms with Crippen LogP contribution in [-0.4, -0.2) is 29.1 Å². The average Bonchev–Trinajstić information content (AvgIpc) is 3.19. The fraction of sp³-hybridized carbons (Fsp3) is 0.333. The molecule has 4 rings (SSSR count). The van der Waals surface area contributed by atoms with Gasteiger partial charge in [-0.2, -0.15) is 13.2 Å². The zero-order valence-corrected chi connectivity index (χ0v) is 18.7. The molecule has 164 valence electrons. The van der Waals surface area contributed by atoms with Crippen molar-refractivity contribution in [2.75, 3.05) is 18.0 Å². The van der Waals surface area contributed by atoms with Gasteiger partial charge in [-0.05, 0) is 25.0 Å². The van der Waals surface area contributed by atoms with Crippen molar-refractivity contribution < 1.29 is 13.2 Å². The SMILES string of the molecule is C=C1c2ccccc2CN1Cc1sc2c(c1C)C(=C)N(CC)C(=C)N2CCC(F)(F)F. The molecule has 0 aliphatic carbocycles. The van der Waals surface area contributed by atoms with Crippen LogP contribution in [0.15, 0.2) is 49.8 Å². The Morgan fingerprint density at radius 1 is 1.06 bits per heavy atom. The van der Waals surface area contributed by atoms with E-state index in [1.54, 1.807) is 4.90 Å². The number of hydrogen-bond acceptors (Lipinski definition) is 4. The summed E-state index contributed by atoms with van der Waals surface area (Å²) in [7, 11) is 0. The van der Waals surface area contributed by atoms with E-state index in [0.717, 1.165) is 44.5 Å². The zero-order valence-electron chi connectivity index (χ0n) is 17.9. The van der Waals surface area contributed by atoms with Gasteiger partial charge < -0.3 is 14.7 Å². The van der Waals surface area contributed by atoms with E-state index in [-0.39, 0.29) is 6.54 Å². The molecule has 0 N–H and O–H groups in total. The van der Waals surface area contributed by atoms with E-state index < -0.39 is 12.6 Å². The maximum Gasteiger partial charge on any atom is 0.390 e. The van der Waals surface area contributed by atoms with Gasteiger partial charge in [0.1, 0.15) is 10.8 Å². The topological polar surface area (TPSA) is 9.72 Å². The summed E-state index contributed by atoms with van der Waals surface area (Å²) < 4.78 is 39.0. The van der Waals surface area contributed by atoms with Gasteiger partial charge in [0.05, 0.1) is 13.0 Å². The lowest BCUT2D eigenvalue weighted by Crippen LogP contribution is -2.39. The molecule has 0 radical (unpaired) electrons. The first kappa shape index (κ1) is 21.6. The zero-order chi connectivity index (χ0) is 22.5. The number of anilines is 1. The number of thiophene rings is 1. The van der Waals surface area contributed by atoms with Crippen molar-refractivity contribution in [2.45, 2.75) is 39.5 Å². The Kier molecular flexibility index (Phi) is 5.41. The minimum absolute atomic E-state index is 0.152. The summed E-state index contributed by atoms with van der Waals surface area (Å²) in [6.45, 7) is 18.5. The molecule has 3 nitrogen and oxygen atoms in total. The van der Waals surface area contributed by atoms with Crippen molar-refractivity contribution >= 4 is 27.7 Å². The van der Waals surface area contributed by atoms with Gasteiger partial charge in [0, 0.05) is 47.0 Å². The summed E-state index contributed by atoms with van der Waals surface area (Å²) in [4.78, 5) is 6.94. The van der Waals surface area contributed by atoms with Crippen LogP contribution in [0.3, 0.4) is 0 Å². The van der Waals surface area contributed by atoms with Gasteiger partial charge in [-0.1, -0.05) is 44.0 Å². The fourth-order valence-corrected chi connectivity index (χ4v) is 5.75. The molecule has 0 bridgehead atoms. The lowest BCUT2D eigenvalue weighted by molar-refractivity contribution is -0.132. The van der Waals surface area contributed by atoms with E-state index in [9.17, 15) is 13.2 Å². The Labute approximate surface area is 185 Å². The summed E-state index contributed by atoms with van der Waals surface area (Å²) in [6, 6.07) is 8.22. The number of rotatable bonds is 5. The highest BCUT2D eigenvalue weighted by molar-refractivity contribution is 7.16. The van der Waals surface area contributed by atoms with Gasteiger partial charge in [-0.15, -0.1) is 11.3 Å². The Hall–Kier alpha value is -2.67. The molecule has 0 atom stereocenters. The maximum atomic E-state index is 13.0. The third kappa shape index (κ3) is 3.76. The Balaban J connectivity index is 1.67. The molecule has 1 aromatic heterocycles. The first-order valence-corrected chi connectivity index (χ1v) is 11.1. The van der Waals surface area contributed by atoms with Gasteiger partial charge in [0.15, 0.2) is 0 Å². The molecule has 2 aliphatic rings. The normalized spacial score (nSPS) is 16.3. The fourth-order valence-electron chi connectivity index (χ4n) is 4.36. The minimum atomic E-state index is -4.22. The van der Waals surface area contributed by atoms with Crippen LogP contribution in [0.2, 0.25) is 0 Å². The molecule has 0 spiro atoms. The molecular weight excluding hydrogens is 419 g/mol. The molecular formula is C24H26F3N3S. The predicted molar refractivity (Wildman–Crippen MR) is 122 cm³/mol. The van der Waals surface area contributed by atoms with Crippen LogP contribution in [-0.2, 0) is 13.1 Å². The number of alkyl halides is 3. The second kappa shape index (κ2) is 7.79. The van der Waals surface area contributed by atoms with Crippen molar-refractivity contribution in [3.05, 3.63) is 77.0 Å². The van der Waals surface area contributed by atoms with Crippen molar-refractivity contribution in [2.24, 2.45) is 0 Å². The van der Waals surface area contributed by atoms with E-state index in [4.69, 9.17) is 0 Å². The second-order valence-corrected chi connectivity index (χ2v) is 9.00. The van der Waals surface area contributed by atoms with Crippen LogP contribution in [0.4, 0.5) is 18.2 Å². The summed E-state index contributed by atoms with van der Waals surface area (Å²) >= 11 is 1.54. The van der Waals surface area contributed by atoms with E-state index in [0.29, 0.717) is 18.9 Å². The van der Waals surface area contributed by atoms with Gasteiger partial charge >= 0.3 is 6.18 Å². The molecule has 2 aromatic rings. The Morgan fingerprint density at radius 2 is 1.77 bits per heavy atom. The van der Waals surface area contributed by atoms with E-state index in [1.807, 2.05) is 30.9 Å². The molecule has 0 unspecified atom stereocenters. The monoisotopic (exact) mass is 445 g/mol. The van der Waals surface area contributed by atoms with Crippen LogP contribution < -0.4 is 4.90 Å². The molecule has 0 saturated carbocycles. The predicted octanol–water partition coefficient (Wildman–Crippen LogP) is 6.58. The largest absolute Gasteiger partial charge is 0.390 e. The van der Waals surface area contributed by atoms with Crippen LogP contribution in [0, 0.1) is 6.92 Å². The lowest BCUT2D eigenvalue weighted by atomic mass is 10.0. The molecule has 2 aliphatic heterocycles. The Morgan fingerprint density at radius 3 is 2.42 bits per heavy atom. The molecule has 0 saturated heterocycles. The van der Waals surface area contributed by atoms with E-state index in [2.05, 4.69) is 36.8 Å². The molecule has 0 fully saturated rings. The van der Waals surface area contributed by atoms with Gasteiger partial charge in [-0.3, -0.25) is 0 Å². The van der Waals surface area contributed by atoms with Crippen LogP contribution in [0.5, 0.6) is 0 Å². The number of fused-ring (bicyclic) bond motifs is 2. The average molecular weight is 446 g/mol. The van der Waals surface area contributed by atoms with Crippen LogP contribution in [0.1, 0.15) is 40.5 Å². The molecule has 31 heavy (non-hydrogen) atoms. The van der Waals surface area contributed by atoms with Gasteiger partial charge in [-0.25, -0.2) is 0 Å². The second-order valence-electron chi connectivity index (χ2n) is 7.91. The first-order chi connectivity index (χ1) is 14.6.